The van der Waals surface area contributed by atoms with Gasteiger partial charge in [-0.15, -0.1) is 11.3 Å². The molecule has 0 aromatic carbocycles. The van der Waals surface area contributed by atoms with Crippen LogP contribution in [-0.4, -0.2) is 41.2 Å². The molecule has 1 N–H and O–H groups in total. The summed E-state index contributed by atoms with van der Waals surface area (Å²) >= 11 is 1.67. The lowest BCUT2D eigenvalue weighted by molar-refractivity contribution is 0.00652. The zero-order valence-corrected chi connectivity index (χ0v) is 15.7. The van der Waals surface area contributed by atoms with Crippen LogP contribution in [0.4, 0.5) is 4.79 Å². The molecule has 6 heteroatoms. The zero-order valence-electron chi connectivity index (χ0n) is 14.9. The van der Waals surface area contributed by atoms with E-state index in [9.17, 15) is 4.79 Å². The third kappa shape index (κ3) is 5.46. The molecular weight excluding hydrogens is 310 g/mol. The molecule has 2 heterocycles. The Kier molecular flexibility index (Phi) is 5.68. The molecule has 130 valence electrons. The van der Waals surface area contributed by atoms with E-state index in [4.69, 9.17) is 4.74 Å². The normalized spacial score (nSPS) is 23.6. The predicted molar refractivity (Wildman–Crippen MR) is 93.7 cm³/mol. The Morgan fingerprint density at radius 3 is 2.91 bits per heavy atom. The van der Waals surface area contributed by atoms with Crippen LogP contribution in [0.2, 0.25) is 0 Å². The largest absolute Gasteiger partial charge is 0.444 e. The summed E-state index contributed by atoms with van der Waals surface area (Å²) in [5.41, 5.74) is -0.372. The molecule has 1 aliphatic heterocycles. The number of carbonyl (C=O) groups excluding carboxylic acids is 1. The number of nitrogens with one attached hydrogen (secondary N) is 1. The quantitative estimate of drug-likeness (QED) is 0.906. The van der Waals surface area contributed by atoms with Crippen molar-refractivity contribution in [2.24, 2.45) is 5.41 Å². The van der Waals surface area contributed by atoms with Gasteiger partial charge in [0.25, 0.3) is 0 Å². The Balaban J connectivity index is 1.89. The highest BCUT2D eigenvalue weighted by molar-refractivity contribution is 7.09. The first-order chi connectivity index (χ1) is 10.7. The van der Waals surface area contributed by atoms with E-state index in [-0.39, 0.29) is 17.6 Å². The van der Waals surface area contributed by atoms with Gasteiger partial charge in [0, 0.05) is 31.2 Å². The lowest BCUT2D eigenvalue weighted by Crippen LogP contribution is -2.50. The van der Waals surface area contributed by atoms with E-state index in [2.05, 4.69) is 24.1 Å². The number of hydrogen-bond acceptors (Lipinski definition) is 5. The molecular formula is C17H29N3O2S. The maximum Gasteiger partial charge on any atom is 0.410 e. The standard InChI is InChI=1S/C17H29N3O2S/c1-13(14-18-8-10-23-14)19-11-17(5)7-6-9-20(12-17)15(21)22-16(2,3)4/h8,10,13,19H,6-7,9,11-12H2,1-5H3. The van der Waals surface area contributed by atoms with Crippen molar-refractivity contribution in [3.05, 3.63) is 16.6 Å². The number of ether oxygens (including phenoxy) is 1. The van der Waals surface area contributed by atoms with Crippen molar-refractivity contribution in [1.82, 2.24) is 15.2 Å². The maximum absolute atomic E-state index is 12.3. The maximum atomic E-state index is 12.3. The molecule has 1 aromatic heterocycles. The Bertz CT molecular complexity index is 512. The fourth-order valence-corrected chi connectivity index (χ4v) is 3.55. The molecule has 0 saturated carbocycles. The number of carbonyl (C=O) groups is 1. The van der Waals surface area contributed by atoms with Crippen LogP contribution < -0.4 is 5.32 Å². The minimum absolute atomic E-state index is 0.0701. The first kappa shape index (κ1) is 18.2. The first-order valence-corrected chi connectivity index (χ1v) is 9.17. The summed E-state index contributed by atoms with van der Waals surface area (Å²) in [4.78, 5) is 18.5. The smallest absolute Gasteiger partial charge is 0.410 e. The van der Waals surface area contributed by atoms with Crippen LogP contribution in [0.1, 0.15) is 58.5 Å². The van der Waals surface area contributed by atoms with Gasteiger partial charge in [0.1, 0.15) is 10.6 Å². The molecule has 1 saturated heterocycles. The molecule has 0 spiro atoms. The summed E-state index contributed by atoms with van der Waals surface area (Å²) in [6, 6.07) is 0.240. The number of amides is 1. The van der Waals surface area contributed by atoms with Gasteiger partial charge in [-0.1, -0.05) is 6.92 Å². The number of nitrogens with zero attached hydrogens (tertiary/aromatic N) is 2. The second-order valence-electron chi connectivity index (χ2n) is 7.79. The number of hydrogen-bond donors (Lipinski definition) is 1. The van der Waals surface area contributed by atoms with E-state index in [1.54, 1.807) is 11.3 Å². The SMILES string of the molecule is CC(NCC1(C)CCCN(C(=O)OC(C)(C)C)C1)c1nccs1. The molecule has 0 bridgehead atoms. The van der Waals surface area contributed by atoms with Gasteiger partial charge in [0.2, 0.25) is 0 Å². The van der Waals surface area contributed by atoms with E-state index in [1.165, 1.54) is 0 Å². The number of piperidine rings is 1. The Morgan fingerprint density at radius 1 is 1.57 bits per heavy atom. The third-order valence-corrected chi connectivity index (χ3v) is 5.05. The molecule has 2 unspecified atom stereocenters. The van der Waals surface area contributed by atoms with Crippen molar-refractivity contribution in [2.75, 3.05) is 19.6 Å². The van der Waals surface area contributed by atoms with Gasteiger partial charge in [-0.05, 0) is 46.0 Å². The minimum atomic E-state index is -0.442. The number of likely N-dealkylation sites (tertiary alicyclic amines) is 1. The van der Waals surface area contributed by atoms with Crippen molar-refractivity contribution in [1.29, 1.82) is 0 Å². The third-order valence-electron chi connectivity index (χ3n) is 4.09. The minimum Gasteiger partial charge on any atom is -0.444 e. The monoisotopic (exact) mass is 339 g/mol. The number of thiazole rings is 1. The van der Waals surface area contributed by atoms with Crippen LogP contribution in [0.3, 0.4) is 0 Å². The van der Waals surface area contributed by atoms with E-state index in [0.29, 0.717) is 0 Å². The fraction of sp³-hybridized carbons (Fsp3) is 0.765. The topological polar surface area (TPSA) is 54.5 Å². The zero-order chi connectivity index (χ0) is 17.1. The lowest BCUT2D eigenvalue weighted by Gasteiger charge is -2.41. The highest BCUT2D eigenvalue weighted by Crippen LogP contribution is 2.30. The van der Waals surface area contributed by atoms with Gasteiger partial charge >= 0.3 is 6.09 Å². The van der Waals surface area contributed by atoms with E-state index in [1.807, 2.05) is 37.2 Å². The van der Waals surface area contributed by atoms with Crippen LogP contribution >= 0.6 is 11.3 Å². The average Bonchev–Trinajstić information content (AvgIpc) is 2.97. The van der Waals surface area contributed by atoms with E-state index in [0.717, 1.165) is 37.5 Å². The van der Waals surface area contributed by atoms with Crippen molar-refractivity contribution in [2.45, 2.75) is 59.1 Å². The molecule has 2 atom stereocenters. The molecule has 1 aliphatic rings. The highest BCUT2D eigenvalue weighted by Gasteiger charge is 2.35. The molecule has 23 heavy (non-hydrogen) atoms. The summed E-state index contributed by atoms with van der Waals surface area (Å²) in [5.74, 6) is 0. The summed E-state index contributed by atoms with van der Waals surface area (Å²) in [5, 5.41) is 6.68. The lowest BCUT2D eigenvalue weighted by atomic mass is 9.81. The first-order valence-electron chi connectivity index (χ1n) is 8.29. The van der Waals surface area contributed by atoms with Crippen LogP contribution in [0.15, 0.2) is 11.6 Å². The number of rotatable bonds is 4. The molecule has 5 nitrogen and oxygen atoms in total. The van der Waals surface area contributed by atoms with Crippen LogP contribution in [0.5, 0.6) is 0 Å². The van der Waals surface area contributed by atoms with Crippen molar-refractivity contribution in [3.8, 4) is 0 Å². The average molecular weight is 340 g/mol. The highest BCUT2D eigenvalue weighted by atomic mass is 32.1. The number of aromatic nitrogens is 1. The molecule has 1 fully saturated rings. The predicted octanol–water partition coefficient (Wildman–Crippen LogP) is 3.83. The van der Waals surface area contributed by atoms with Crippen LogP contribution in [0.25, 0.3) is 0 Å². The summed E-state index contributed by atoms with van der Waals surface area (Å²) < 4.78 is 5.51. The molecule has 1 aromatic rings. The van der Waals surface area contributed by atoms with Gasteiger partial charge in [-0.3, -0.25) is 0 Å². The Labute approximate surface area is 143 Å². The van der Waals surface area contributed by atoms with Crippen molar-refractivity contribution in [3.63, 3.8) is 0 Å². The molecule has 0 aliphatic carbocycles. The van der Waals surface area contributed by atoms with Gasteiger partial charge < -0.3 is 15.0 Å². The second-order valence-corrected chi connectivity index (χ2v) is 8.72. The molecule has 1 amide bonds. The molecule has 0 radical (unpaired) electrons. The Morgan fingerprint density at radius 2 is 2.30 bits per heavy atom. The van der Waals surface area contributed by atoms with Gasteiger partial charge in [-0.2, -0.15) is 0 Å². The van der Waals surface area contributed by atoms with Gasteiger partial charge in [-0.25, -0.2) is 9.78 Å². The Hall–Kier alpha value is -1.14. The van der Waals surface area contributed by atoms with Crippen molar-refractivity contribution >= 4 is 17.4 Å². The summed E-state index contributed by atoms with van der Waals surface area (Å²) in [6.07, 6.45) is 3.77. The molecule has 2 rings (SSSR count). The second kappa shape index (κ2) is 7.18. The van der Waals surface area contributed by atoms with Gasteiger partial charge in [0.15, 0.2) is 0 Å². The van der Waals surface area contributed by atoms with E-state index >= 15 is 0 Å². The van der Waals surface area contributed by atoms with Crippen LogP contribution in [0, 0.1) is 5.41 Å². The summed E-state index contributed by atoms with van der Waals surface area (Å²) in [7, 11) is 0. The van der Waals surface area contributed by atoms with Crippen molar-refractivity contribution < 1.29 is 9.53 Å². The van der Waals surface area contributed by atoms with E-state index < -0.39 is 5.60 Å². The fourth-order valence-electron chi connectivity index (χ4n) is 2.88. The van der Waals surface area contributed by atoms with Crippen LogP contribution in [-0.2, 0) is 4.74 Å². The summed E-state index contributed by atoms with van der Waals surface area (Å²) in [6.45, 7) is 12.5. The van der Waals surface area contributed by atoms with Gasteiger partial charge in [0.05, 0.1) is 6.04 Å².